The second-order valence-electron chi connectivity index (χ2n) is 4.69. The van der Waals surface area contributed by atoms with Crippen molar-refractivity contribution in [1.82, 2.24) is 14.6 Å². The van der Waals surface area contributed by atoms with E-state index in [2.05, 4.69) is 15.0 Å². The molecule has 21 heavy (non-hydrogen) atoms. The molecule has 2 amide bonds. The number of aromatic nitrogens is 1. The Morgan fingerprint density at radius 1 is 1.52 bits per heavy atom. The van der Waals surface area contributed by atoms with Crippen molar-refractivity contribution >= 4 is 21.9 Å². The maximum absolute atomic E-state index is 12.7. The molecule has 0 aliphatic carbocycles. The number of pyridine rings is 1. The third-order valence-electron chi connectivity index (χ3n) is 3.18. The monoisotopic (exact) mass is 316 g/mol. The van der Waals surface area contributed by atoms with E-state index in [0.717, 1.165) is 6.20 Å². The Hall–Kier alpha value is -1.74. The van der Waals surface area contributed by atoms with Crippen molar-refractivity contribution in [3.63, 3.8) is 0 Å². The molecule has 7 nitrogen and oxygen atoms in total. The number of nitrogens with one attached hydrogen (secondary N) is 2. The van der Waals surface area contributed by atoms with E-state index < -0.39 is 27.1 Å². The predicted molar refractivity (Wildman–Crippen MR) is 75.8 cm³/mol. The van der Waals surface area contributed by atoms with Gasteiger partial charge in [0.1, 0.15) is 11.6 Å². The van der Waals surface area contributed by atoms with Gasteiger partial charge in [0.15, 0.2) is 0 Å². The molecule has 116 valence electrons. The molecule has 1 unspecified atom stereocenters. The van der Waals surface area contributed by atoms with Crippen LogP contribution in [0.4, 0.5) is 15.0 Å². The molecule has 9 heteroatoms. The number of urea groups is 1. The maximum atomic E-state index is 12.7. The second-order valence-corrected chi connectivity index (χ2v) is 6.74. The second kappa shape index (κ2) is 6.35. The van der Waals surface area contributed by atoms with Crippen LogP contribution in [0.2, 0.25) is 0 Å². The lowest BCUT2D eigenvalue weighted by Crippen LogP contribution is -2.39. The van der Waals surface area contributed by atoms with Gasteiger partial charge < -0.3 is 4.90 Å². The van der Waals surface area contributed by atoms with Crippen molar-refractivity contribution < 1.29 is 17.6 Å². The van der Waals surface area contributed by atoms with Crippen molar-refractivity contribution in [2.24, 2.45) is 0 Å². The lowest BCUT2D eigenvalue weighted by Gasteiger charge is -2.17. The first-order valence-corrected chi connectivity index (χ1v) is 8.13. The topological polar surface area (TPSA) is 91.4 Å². The van der Waals surface area contributed by atoms with Crippen LogP contribution in [0.5, 0.6) is 0 Å². The van der Waals surface area contributed by atoms with Crippen molar-refractivity contribution in [1.29, 1.82) is 0 Å². The first-order chi connectivity index (χ1) is 9.92. The van der Waals surface area contributed by atoms with Crippen LogP contribution in [-0.4, -0.2) is 49.2 Å². The molecule has 2 N–H and O–H groups in total. The first kappa shape index (κ1) is 15.6. The molecule has 1 atom stereocenters. The van der Waals surface area contributed by atoms with Crippen LogP contribution in [0, 0.1) is 5.82 Å². The summed E-state index contributed by atoms with van der Waals surface area (Å²) in [5, 5.41) is 1.90. The molecular formula is C12H17FN4O3S. The first-order valence-electron chi connectivity index (χ1n) is 6.58. The molecule has 1 aromatic heterocycles. The van der Waals surface area contributed by atoms with Crippen LogP contribution in [0.3, 0.4) is 0 Å². The zero-order valence-electron chi connectivity index (χ0n) is 11.5. The van der Waals surface area contributed by atoms with E-state index in [9.17, 15) is 17.6 Å². The number of likely N-dealkylation sites (tertiary alicyclic amines) is 1. The highest BCUT2D eigenvalue weighted by molar-refractivity contribution is 7.90. The predicted octanol–water partition coefficient (Wildman–Crippen LogP) is 0.766. The van der Waals surface area contributed by atoms with E-state index in [1.54, 1.807) is 6.92 Å². The third kappa shape index (κ3) is 3.88. The summed E-state index contributed by atoms with van der Waals surface area (Å²) in [6.07, 6.45) is 1.39. The normalized spacial score (nSPS) is 18.8. The van der Waals surface area contributed by atoms with E-state index in [1.165, 1.54) is 17.0 Å². The molecule has 0 bridgehead atoms. The number of anilines is 1. The van der Waals surface area contributed by atoms with Gasteiger partial charge >= 0.3 is 6.03 Å². The van der Waals surface area contributed by atoms with E-state index in [4.69, 9.17) is 0 Å². The van der Waals surface area contributed by atoms with Crippen molar-refractivity contribution in [3.8, 4) is 0 Å². The Kier molecular flexibility index (Phi) is 4.73. The van der Waals surface area contributed by atoms with Gasteiger partial charge in [-0.2, -0.15) is 0 Å². The van der Waals surface area contributed by atoms with Gasteiger partial charge in [0.2, 0.25) is 10.0 Å². The molecule has 1 aromatic rings. The summed E-state index contributed by atoms with van der Waals surface area (Å²) in [5.41, 5.74) is 0. The van der Waals surface area contributed by atoms with Crippen LogP contribution in [0.15, 0.2) is 18.3 Å². The summed E-state index contributed by atoms with van der Waals surface area (Å²) in [6, 6.07) is 2.09. The van der Waals surface area contributed by atoms with Crippen molar-refractivity contribution in [3.05, 3.63) is 24.1 Å². The van der Waals surface area contributed by atoms with E-state index in [1.807, 2.05) is 0 Å². The van der Waals surface area contributed by atoms with Crippen molar-refractivity contribution in [2.45, 2.75) is 18.6 Å². The van der Waals surface area contributed by atoms with E-state index in [0.29, 0.717) is 19.5 Å². The van der Waals surface area contributed by atoms with E-state index >= 15 is 0 Å². The smallest absolute Gasteiger partial charge is 0.323 e. The summed E-state index contributed by atoms with van der Waals surface area (Å²) in [6.45, 7) is 2.51. The largest absolute Gasteiger partial charge is 0.323 e. The Labute approximate surface area is 122 Å². The zero-order chi connectivity index (χ0) is 15.5. The number of carbonyl (C=O) groups is 1. The molecule has 1 saturated heterocycles. The lowest BCUT2D eigenvalue weighted by molar-refractivity contribution is 0.222. The molecule has 0 aromatic carbocycles. The number of halogens is 1. The number of rotatable bonds is 4. The highest BCUT2D eigenvalue weighted by Gasteiger charge is 2.34. The van der Waals surface area contributed by atoms with Gasteiger partial charge in [0.05, 0.1) is 11.4 Å². The summed E-state index contributed by atoms with van der Waals surface area (Å²) >= 11 is 0. The van der Waals surface area contributed by atoms with Crippen LogP contribution in [0.25, 0.3) is 0 Å². The Morgan fingerprint density at radius 3 is 2.90 bits per heavy atom. The zero-order valence-corrected chi connectivity index (χ0v) is 12.4. The van der Waals surface area contributed by atoms with Crippen LogP contribution in [-0.2, 0) is 10.0 Å². The fourth-order valence-electron chi connectivity index (χ4n) is 2.12. The maximum Gasteiger partial charge on any atom is 0.323 e. The molecule has 2 heterocycles. The molecule has 1 fully saturated rings. The number of hydrogen-bond acceptors (Lipinski definition) is 4. The number of carbonyl (C=O) groups excluding carboxylic acids is 1. The fraction of sp³-hybridized carbons (Fsp3) is 0.500. The Balaban J connectivity index is 1.95. The third-order valence-corrected chi connectivity index (χ3v) is 5.13. The van der Waals surface area contributed by atoms with Gasteiger partial charge in [-0.1, -0.05) is 6.92 Å². The molecule has 1 aliphatic heterocycles. The van der Waals surface area contributed by atoms with Gasteiger partial charge in [-0.05, 0) is 18.6 Å². The van der Waals surface area contributed by atoms with Gasteiger partial charge in [-0.3, -0.25) is 5.32 Å². The molecular weight excluding hydrogens is 299 g/mol. The van der Waals surface area contributed by atoms with Crippen LogP contribution >= 0.6 is 0 Å². The van der Waals surface area contributed by atoms with Gasteiger partial charge in [-0.15, -0.1) is 0 Å². The lowest BCUT2D eigenvalue weighted by atomic mass is 10.4. The van der Waals surface area contributed by atoms with Gasteiger partial charge in [0, 0.05) is 19.6 Å². The number of nitrogens with zero attached hydrogens (tertiary/aromatic N) is 2. The van der Waals surface area contributed by atoms with Crippen LogP contribution < -0.4 is 10.0 Å². The molecule has 0 saturated carbocycles. The Bertz CT molecular complexity index is 605. The molecule has 0 spiro atoms. The molecule has 2 rings (SSSR count). The number of sulfonamides is 1. The standard InChI is InChI=1S/C12H17FN4O3S/c1-2-15-21(19,20)10-5-6-17(8-10)12(18)16-11-4-3-9(13)7-14-11/h3-4,7,10,15H,2,5-6,8H2,1H3,(H,14,16,18). The number of amides is 2. The van der Waals surface area contributed by atoms with Gasteiger partial charge in [-0.25, -0.2) is 27.3 Å². The summed E-state index contributed by atoms with van der Waals surface area (Å²) in [4.78, 5) is 17.1. The molecule has 0 radical (unpaired) electrons. The summed E-state index contributed by atoms with van der Waals surface area (Å²) in [5.74, 6) is -0.273. The summed E-state index contributed by atoms with van der Waals surface area (Å²) < 4.78 is 38.9. The highest BCUT2D eigenvalue weighted by Crippen LogP contribution is 2.17. The summed E-state index contributed by atoms with van der Waals surface area (Å²) in [7, 11) is -3.39. The molecule has 1 aliphatic rings. The fourth-order valence-corrected chi connectivity index (χ4v) is 3.55. The van der Waals surface area contributed by atoms with Crippen LogP contribution in [0.1, 0.15) is 13.3 Å². The minimum absolute atomic E-state index is 0.127. The average molecular weight is 316 g/mol. The number of hydrogen-bond donors (Lipinski definition) is 2. The SMILES string of the molecule is CCNS(=O)(=O)C1CCN(C(=O)Nc2ccc(F)cn2)C1. The highest BCUT2D eigenvalue weighted by atomic mass is 32.2. The van der Waals surface area contributed by atoms with Crippen molar-refractivity contribution in [2.75, 3.05) is 25.0 Å². The minimum atomic E-state index is -3.39. The van der Waals surface area contributed by atoms with E-state index in [-0.39, 0.29) is 12.4 Å². The Morgan fingerprint density at radius 2 is 2.29 bits per heavy atom. The quantitative estimate of drug-likeness (QED) is 0.858. The minimum Gasteiger partial charge on any atom is -0.323 e. The average Bonchev–Trinajstić information content (AvgIpc) is 2.92. The van der Waals surface area contributed by atoms with Gasteiger partial charge in [0.25, 0.3) is 0 Å².